The molecule has 0 saturated carbocycles. The maximum absolute atomic E-state index is 8.12. The maximum Gasteiger partial charge on any atom is 0.207 e. The SMILES string of the molecule is N#CN=CN1CCCCC1. The summed E-state index contributed by atoms with van der Waals surface area (Å²) in [5, 5.41) is 8.12. The second kappa shape index (κ2) is 3.89. The quantitative estimate of drug-likeness (QED) is 0.307. The summed E-state index contributed by atoms with van der Waals surface area (Å²) in [7, 11) is 0. The molecule has 3 heteroatoms. The fourth-order valence-electron chi connectivity index (χ4n) is 1.14. The van der Waals surface area contributed by atoms with Crippen LogP contribution in [0, 0.1) is 11.5 Å². The van der Waals surface area contributed by atoms with Crippen LogP contribution in [0.1, 0.15) is 19.3 Å². The monoisotopic (exact) mass is 137 g/mol. The van der Waals surface area contributed by atoms with Gasteiger partial charge >= 0.3 is 0 Å². The molecule has 0 bridgehead atoms. The predicted octanol–water partition coefficient (Wildman–Crippen LogP) is 0.982. The lowest BCUT2D eigenvalue weighted by Crippen LogP contribution is -2.27. The van der Waals surface area contributed by atoms with Gasteiger partial charge in [0.15, 0.2) is 0 Å². The number of likely N-dealkylation sites (tertiary alicyclic amines) is 1. The van der Waals surface area contributed by atoms with Crippen molar-refractivity contribution in [3.63, 3.8) is 0 Å². The largest absolute Gasteiger partial charge is 0.362 e. The lowest BCUT2D eigenvalue weighted by Gasteiger charge is -2.23. The number of hydrogen-bond acceptors (Lipinski definition) is 2. The van der Waals surface area contributed by atoms with E-state index in [4.69, 9.17) is 5.26 Å². The highest BCUT2D eigenvalue weighted by Gasteiger charge is 2.04. The lowest BCUT2D eigenvalue weighted by molar-refractivity contribution is 0.351. The van der Waals surface area contributed by atoms with Crippen LogP contribution in [0.3, 0.4) is 0 Å². The van der Waals surface area contributed by atoms with Crippen LogP contribution in [-0.2, 0) is 0 Å². The lowest BCUT2D eigenvalue weighted by atomic mass is 10.1. The average Bonchev–Trinajstić information content (AvgIpc) is 2.03. The number of aliphatic imine (C=N–C) groups is 1. The van der Waals surface area contributed by atoms with Gasteiger partial charge in [0.25, 0.3) is 0 Å². The number of nitriles is 1. The molecule has 1 fully saturated rings. The number of nitrogens with zero attached hydrogens (tertiary/aromatic N) is 3. The van der Waals surface area contributed by atoms with Crippen molar-refractivity contribution in [1.29, 1.82) is 5.26 Å². The molecule has 0 aromatic rings. The molecule has 54 valence electrons. The zero-order valence-corrected chi connectivity index (χ0v) is 5.95. The molecule has 0 aliphatic carbocycles. The third kappa shape index (κ3) is 2.06. The first-order chi connectivity index (χ1) is 4.93. The van der Waals surface area contributed by atoms with Crippen LogP contribution < -0.4 is 0 Å². The summed E-state index contributed by atoms with van der Waals surface area (Å²) in [4.78, 5) is 5.59. The van der Waals surface area contributed by atoms with E-state index in [2.05, 4.69) is 9.89 Å². The number of piperidine rings is 1. The van der Waals surface area contributed by atoms with E-state index in [0.717, 1.165) is 13.1 Å². The fourth-order valence-corrected chi connectivity index (χ4v) is 1.14. The van der Waals surface area contributed by atoms with E-state index in [9.17, 15) is 0 Å². The van der Waals surface area contributed by atoms with Crippen molar-refractivity contribution in [2.75, 3.05) is 13.1 Å². The van der Waals surface area contributed by atoms with Crippen molar-refractivity contribution < 1.29 is 0 Å². The van der Waals surface area contributed by atoms with Crippen LogP contribution >= 0.6 is 0 Å². The van der Waals surface area contributed by atoms with E-state index in [0.29, 0.717) is 0 Å². The molecule has 0 atom stereocenters. The van der Waals surface area contributed by atoms with E-state index >= 15 is 0 Å². The Kier molecular flexibility index (Phi) is 2.75. The van der Waals surface area contributed by atoms with Gasteiger partial charge in [0.2, 0.25) is 6.19 Å². The van der Waals surface area contributed by atoms with Gasteiger partial charge in [-0.15, -0.1) is 0 Å². The number of hydrogen-bond donors (Lipinski definition) is 0. The maximum atomic E-state index is 8.12. The summed E-state index contributed by atoms with van der Waals surface area (Å²) in [6.45, 7) is 2.12. The summed E-state index contributed by atoms with van der Waals surface area (Å²) >= 11 is 0. The Balaban J connectivity index is 2.27. The van der Waals surface area contributed by atoms with E-state index in [1.165, 1.54) is 19.3 Å². The predicted molar refractivity (Wildman–Crippen MR) is 39.5 cm³/mol. The van der Waals surface area contributed by atoms with Crippen LogP contribution in [0.4, 0.5) is 0 Å². The van der Waals surface area contributed by atoms with Crippen molar-refractivity contribution in [3.8, 4) is 6.19 Å². The molecule has 1 heterocycles. The topological polar surface area (TPSA) is 39.4 Å². The van der Waals surface area contributed by atoms with E-state index < -0.39 is 0 Å². The zero-order chi connectivity index (χ0) is 7.23. The van der Waals surface area contributed by atoms with Crippen molar-refractivity contribution in [1.82, 2.24) is 4.90 Å². The van der Waals surface area contributed by atoms with Gasteiger partial charge in [-0.3, -0.25) is 0 Å². The van der Waals surface area contributed by atoms with Gasteiger partial charge in [-0.25, -0.2) is 0 Å². The Morgan fingerprint density at radius 3 is 2.60 bits per heavy atom. The minimum atomic E-state index is 1.06. The third-order valence-corrected chi connectivity index (χ3v) is 1.67. The van der Waals surface area contributed by atoms with Crippen LogP contribution in [0.5, 0.6) is 0 Å². The third-order valence-electron chi connectivity index (χ3n) is 1.67. The average molecular weight is 137 g/mol. The molecule has 0 radical (unpaired) electrons. The first-order valence-corrected chi connectivity index (χ1v) is 3.60. The molecule has 0 aromatic carbocycles. The second-order valence-electron chi connectivity index (χ2n) is 2.44. The number of rotatable bonds is 1. The van der Waals surface area contributed by atoms with E-state index in [-0.39, 0.29) is 0 Å². The summed E-state index contributed by atoms with van der Waals surface area (Å²) < 4.78 is 0. The first-order valence-electron chi connectivity index (χ1n) is 3.60. The molecule has 0 N–H and O–H groups in total. The van der Waals surface area contributed by atoms with Crippen LogP contribution in [-0.4, -0.2) is 24.3 Å². The summed E-state index contributed by atoms with van der Waals surface area (Å²) in [5.74, 6) is 0. The highest BCUT2D eigenvalue weighted by atomic mass is 15.1. The molecule has 0 amide bonds. The standard InChI is InChI=1S/C7H11N3/c8-6-9-7-10-4-2-1-3-5-10/h7H,1-5H2. The highest BCUT2D eigenvalue weighted by molar-refractivity contribution is 5.56. The Morgan fingerprint density at radius 1 is 1.30 bits per heavy atom. The van der Waals surface area contributed by atoms with Gasteiger partial charge in [0.1, 0.15) is 6.34 Å². The van der Waals surface area contributed by atoms with Gasteiger partial charge in [0.05, 0.1) is 0 Å². The van der Waals surface area contributed by atoms with Gasteiger partial charge < -0.3 is 4.90 Å². The molecular weight excluding hydrogens is 126 g/mol. The molecule has 1 saturated heterocycles. The normalized spacial score (nSPS) is 19.3. The molecule has 1 rings (SSSR count). The van der Waals surface area contributed by atoms with Gasteiger partial charge in [-0.1, -0.05) is 0 Å². The van der Waals surface area contributed by atoms with Crippen molar-refractivity contribution in [3.05, 3.63) is 0 Å². The van der Waals surface area contributed by atoms with Gasteiger partial charge in [0, 0.05) is 13.1 Å². The van der Waals surface area contributed by atoms with Crippen LogP contribution in [0.25, 0.3) is 0 Å². The van der Waals surface area contributed by atoms with Crippen LogP contribution in [0.15, 0.2) is 4.99 Å². The van der Waals surface area contributed by atoms with Gasteiger partial charge in [-0.2, -0.15) is 10.3 Å². The summed E-state index contributed by atoms with van der Waals surface area (Å²) in [6, 6.07) is 0. The van der Waals surface area contributed by atoms with Crippen molar-refractivity contribution in [2.24, 2.45) is 4.99 Å². The summed E-state index contributed by atoms with van der Waals surface area (Å²) in [5.41, 5.74) is 0. The van der Waals surface area contributed by atoms with Gasteiger partial charge in [-0.05, 0) is 19.3 Å². The molecule has 1 aliphatic rings. The second-order valence-corrected chi connectivity index (χ2v) is 2.44. The Labute approximate surface area is 61.0 Å². The first kappa shape index (κ1) is 7.07. The van der Waals surface area contributed by atoms with Crippen molar-refractivity contribution >= 4 is 6.34 Å². The molecule has 3 nitrogen and oxygen atoms in total. The molecule has 0 unspecified atom stereocenters. The molecule has 1 aliphatic heterocycles. The highest BCUT2D eigenvalue weighted by Crippen LogP contribution is 2.05. The van der Waals surface area contributed by atoms with Crippen LogP contribution in [0.2, 0.25) is 0 Å². The molecule has 10 heavy (non-hydrogen) atoms. The van der Waals surface area contributed by atoms with Crippen molar-refractivity contribution in [2.45, 2.75) is 19.3 Å². The van der Waals surface area contributed by atoms with E-state index in [1.807, 2.05) is 0 Å². The molecule has 0 aromatic heterocycles. The van der Waals surface area contributed by atoms with E-state index in [1.54, 1.807) is 12.5 Å². The zero-order valence-electron chi connectivity index (χ0n) is 5.95. The Hall–Kier alpha value is -1.04. The summed E-state index contributed by atoms with van der Waals surface area (Å²) in [6.07, 6.45) is 7.16. The molecular formula is C7H11N3. The Bertz CT molecular complexity index is 151. The fraction of sp³-hybridized carbons (Fsp3) is 0.714. The smallest absolute Gasteiger partial charge is 0.207 e. The minimum Gasteiger partial charge on any atom is -0.362 e. The minimum absolute atomic E-state index is 1.06. The Morgan fingerprint density at radius 2 is 2.00 bits per heavy atom. The molecule has 0 spiro atoms.